The van der Waals surface area contributed by atoms with E-state index in [0.29, 0.717) is 39.3 Å². The van der Waals surface area contributed by atoms with Gasteiger partial charge in [-0.3, -0.25) is 14.6 Å². The van der Waals surface area contributed by atoms with Crippen molar-refractivity contribution in [3.05, 3.63) is 71.8 Å². The van der Waals surface area contributed by atoms with Crippen molar-refractivity contribution < 1.29 is 19.1 Å². The van der Waals surface area contributed by atoms with E-state index in [1.165, 1.54) is 5.56 Å². The number of likely N-dealkylation sites (tertiary alicyclic amines) is 2. The maximum atomic E-state index is 13.1. The van der Waals surface area contributed by atoms with Crippen molar-refractivity contribution in [3.63, 3.8) is 0 Å². The van der Waals surface area contributed by atoms with Crippen LogP contribution in [0.5, 0.6) is 0 Å². The Morgan fingerprint density at radius 3 is 2.02 bits per heavy atom. The predicted molar refractivity (Wildman–Crippen MR) is 171 cm³/mol. The summed E-state index contributed by atoms with van der Waals surface area (Å²) in [5.41, 5.74) is 1.83. The zero-order chi connectivity index (χ0) is 32.2. The topological polar surface area (TPSA) is 98.0 Å². The van der Waals surface area contributed by atoms with E-state index in [4.69, 9.17) is 9.47 Å². The van der Waals surface area contributed by atoms with E-state index in [0.717, 1.165) is 49.6 Å². The number of carbonyl (C=O) groups is 2. The van der Waals surface area contributed by atoms with Gasteiger partial charge in [-0.05, 0) is 63.5 Å². The van der Waals surface area contributed by atoms with Crippen LogP contribution in [0, 0.1) is 5.41 Å². The maximum Gasteiger partial charge on any atom is 0.410 e. The van der Waals surface area contributed by atoms with E-state index >= 15 is 0 Å². The highest BCUT2D eigenvalue weighted by Gasteiger charge is 2.49. The minimum atomic E-state index is -0.517. The molecule has 0 radical (unpaired) electrons. The number of amides is 1. The Morgan fingerprint density at radius 2 is 1.51 bits per heavy atom. The normalized spacial score (nSPS) is 18.6. The van der Waals surface area contributed by atoms with E-state index in [9.17, 15) is 9.59 Å². The summed E-state index contributed by atoms with van der Waals surface area (Å²) in [6, 6.07) is 8.43. The molecule has 2 aromatic heterocycles. The third-order valence-corrected chi connectivity index (χ3v) is 9.03. The van der Waals surface area contributed by atoms with Crippen molar-refractivity contribution in [2.24, 2.45) is 19.5 Å². The first-order valence-electron chi connectivity index (χ1n) is 16.0. The summed E-state index contributed by atoms with van der Waals surface area (Å²) in [4.78, 5) is 41.3. The highest BCUT2D eigenvalue weighted by molar-refractivity contribution is 5.76. The number of benzene rings is 1. The largest absolute Gasteiger partial charge is 0.465 e. The molecule has 0 N–H and O–H groups in total. The Bertz CT molecular complexity index is 1390. The lowest BCUT2D eigenvalue weighted by Crippen LogP contribution is -2.46. The second kappa shape index (κ2) is 13.7. The molecule has 2 aliphatic rings. The van der Waals surface area contributed by atoms with E-state index in [2.05, 4.69) is 53.2 Å². The number of esters is 1. The fourth-order valence-electron chi connectivity index (χ4n) is 6.54. The van der Waals surface area contributed by atoms with Gasteiger partial charge < -0.3 is 23.5 Å². The number of ether oxygens (including phenoxy) is 2. The van der Waals surface area contributed by atoms with Gasteiger partial charge in [-0.2, -0.15) is 0 Å². The summed E-state index contributed by atoms with van der Waals surface area (Å²) in [5, 5.41) is 0. The third kappa shape index (κ3) is 8.32. The average molecular weight is 620 g/mol. The Balaban J connectivity index is 1.24. The first-order valence-corrected chi connectivity index (χ1v) is 16.0. The summed E-state index contributed by atoms with van der Waals surface area (Å²) < 4.78 is 15.2. The predicted octanol–water partition coefficient (Wildman–Crippen LogP) is 4.51. The number of aryl methyl sites for hydroxylation is 2. The number of aromatic nitrogens is 4. The summed E-state index contributed by atoms with van der Waals surface area (Å²) in [6.45, 7) is 12.8. The standard InChI is InChI=1S/C34H49N7O4/c1-7-44-31(42)28-20-34(12-16-40(17-13-34)32(43)45-33(2,3)4)25-41(28)22-27-10-8-26(9-11-27)21-39(23-29-35-14-18-37(29)5)24-30-36-15-19-38(30)6/h8-11,14-15,18-19,28H,7,12-13,16-17,20-25H2,1-6H3. The zero-order valence-corrected chi connectivity index (χ0v) is 27.7. The molecule has 11 nitrogen and oxygen atoms in total. The van der Waals surface area contributed by atoms with Gasteiger partial charge in [0.2, 0.25) is 0 Å². The summed E-state index contributed by atoms with van der Waals surface area (Å²) in [5.74, 6) is 1.86. The molecule has 2 aliphatic heterocycles. The lowest BCUT2D eigenvalue weighted by molar-refractivity contribution is -0.148. The molecule has 1 amide bonds. The van der Waals surface area contributed by atoms with Gasteiger partial charge in [0.05, 0.1) is 19.7 Å². The summed E-state index contributed by atoms with van der Waals surface area (Å²) in [7, 11) is 4.04. The third-order valence-electron chi connectivity index (χ3n) is 9.03. The first kappa shape index (κ1) is 32.7. The molecule has 11 heteroatoms. The monoisotopic (exact) mass is 619 g/mol. The quantitative estimate of drug-likeness (QED) is 0.306. The Kier molecular flexibility index (Phi) is 9.98. The molecule has 5 rings (SSSR count). The molecule has 0 aliphatic carbocycles. The smallest absolute Gasteiger partial charge is 0.410 e. The van der Waals surface area contributed by atoms with Gasteiger partial charge in [-0.15, -0.1) is 0 Å². The van der Waals surface area contributed by atoms with Crippen molar-refractivity contribution in [1.82, 2.24) is 33.8 Å². The molecule has 244 valence electrons. The van der Waals surface area contributed by atoms with Crippen LogP contribution in [0.15, 0.2) is 49.1 Å². The molecule has 3 aromatic rings. The van der Waals surface area contributed by atoms with Gasteiger partial charge in [-0.25, -0.2) is 14.8 Å². The molecule has 4 heterocycles. The van der Waals surface area contributed by atoms with Crippen LogP contribution in [0.1, 0.15) is 69.7 Å². The number of hydrogen-bond donors (Lipinski definition) is 0. The van der Waals surface area contributed by atoms with Crippen LogP contribution in [-0.4, -0.2) is 83.7 Å². The molecule has 2 saturated heterocycles. The van der Waals surface area contributed by atoms with Gasteiger partial charge in [-0.1, -0.05) is 24.3 Å². The fraction of sp³-hybridized carbons (Fsp3) is 0.588. The lowest BCUT2D eigenvalue weighted by Gasteiger charge is -2.39. The summed E-state index contributed by atoms with van der Waals surface area (Å²) in [6.07, 6.45) is 9.80. The molecule has 0 bridgehead atoms. The van der Waals surface area contributed by atoms with Crippen LogP contribution >= 0.6 is 0 Å². The van der Waals surface area contributed by atoms with E-state index in [1.54, 1.807) is 0 Å². The van der Waals surface area contributed by atoms with Crippen molar-refractivity contribution >= 4 is 12.1 Å². The van der Waals surface area contributed by atoms with Crippen LogP contribution in [0.2, 0.25) is 0 Å². The Labute approximate surface area is 267 Å². The minimum Gasteiger partial charge on any atom is -0.465 e. The number of hydrogen-bond acceptors (Lipinski definition) is 8. The molecule has 45 heavy (non-hydrogen) atoms. The number of piperidine rings is 1. The van der Waals surface area contributed by atoms with Crippen molar-refractivity contribution in [3.8, 4) is 0 Å². The summed E-state index contributed by atoms with van der Waals surface area (Å²) >= 11 is 0. The Morgan fingerprint density at radius 1 is 0.933 bits per heavy atom. The number of nitrogens with zero attached hydrogens (tertiary/aromatic N) is 7. The van der Waals surface area contributed by atoms with Crippen molar-refractivity contribution in [1.29, 1.82) is 0 Å². The molecule has 0 saturated carbocycles. The van der Waals surface area contributed by atoms with E-state index in [-0.39, 0.29) is 23.5 Å². The van der Waals surface area contributed by atoms with E-state index < -0.39 is 5.60 Å². The number of imidazole rings is 2. The van der Waals surface area contributed by atoms with Crippen LogP contribution in [0.4, 0.5) is 4.79 Å². The van der Waals surface area contributed by atoms with Crippen molar-refractivity contribution in [2.45, 2.75) is 84.8 Å². The van der Waals surface area contributed by atoms with Crippen LogP contribution in [0.25, 0.3) is 0 Å². The fourth-order valence-corrected chi connectivity index (χ4v) is 6.54. The van der Waals surface area contributed by atoms with Crippen LogP contribution in [-0.2, 0) is 54.5 Å². The van der Waals surface area contributed by atoms with Gasteiger partial charge in [0, 0.05) is 71.6 Å². The zero-order valence-electron chi connectivity index (χ0n) is 27.7. The highest BCUT2D eigenvalue weighted by Crippen LogP contribution is 2.44. The molecule has 1 atom stereocenters. The van der Waals surface area contributed by atoms with Gasteiger partial charge in [0.1, 0.15) is 23.3 Å². The molecule has 2 fully saturated rings. The van der Waals surface area contributed by atoms with Gasteiger partial charge in [0.25, 0.3) is 0 Å². The van der Waals surface area contributed by atoms with Crippen LogP contribution < -0.4 is 0 Å². The second-order valence-corrected chi connectivity index (χ2v) is 13.7. The second-order valence-electron chi connectivity index (χ2n) is 13.7. The first-order chi connectivity index (χ1) is 21.4. The number of carbonyl (C=O) groups excluding carboxylic acids is 2. The molecule has 1 aromatic carbocycles. The Hall–Kier alpha value is -3.70. The van der Waals surface area contributed by atoms with Crippen LogP contribution in [0.3, 0.4) is 0 Å². The van der Waals surface area contributed by atoms with Crippen molar-refractivity contribution in [2.75, 3.05) is 26.2 Å². The molecular weight excluding hydrogens is 570 g/mol. The maximum absolute atomic E-state index is 13.1. The average Bonchev–Trinajstić information content (AvgIpc) is 3.68. The number of rotatable bonds is 10. The van der Waals surface area contributed by atoms with E-state index in [1.807, 2.05) is 71.5 Å². The molecule has 1 unspecified atom stereocenters. The van der Waals surface area contributed by atoms with Gasteiger partial charge >= 0.3 is 12.1 Å². The molecule has 1 spiro atoms. The minimum absolute atomic E-state index is 0.0215. The lowest BCUT2D eigenvalue weighted by atomic mass is 9.76. The molecular formula is C34H49N7O4. The SMILES string of the molecule is CCOC(=O)C1CC2(CCN(C(=O)OC(C)(C)C)CC2)CN1Cc1ccc(CN(Cc2nccn2C)Cc2nccn2C)cc1. The van der Waals surface area contributed by atoms with Gasteiger partial charge in [0.15, 0.2) is 0 Å². The highest BCUT2D eigenvalue weighted by atomic mass is 16.6.